The Morgan fingerprint density at radius 1 is 1.24 bits per heavy atom. The molecule has 0 aromatic carbocycles. The Bertz CT molecular complexity index is 447. The minimum atomic E-state index is 0.573. The highest BCUT2D eigenvalue weighted by Crippen LogP contribution is 2.10. The molecule has 0 amide bonds. The van der Waals surface area contributed by atoms with Crippen LogP contribution in [-0.4, -0.2) is 23.1 Å². The van der Waals surface area contributed by atoms with E-state index in [-0.39, 0.29) is 0 Å². The maximum absolute atomic E-state index is 5.49. The standard InChI is InChI=1S/C12H12BrN3O/c13-10-3-4-12(16-8-10)15-6-7-17-11-2-1-5-14-9-11/h1-5,8-9H,6-7H2,(H,15,16). The molecule has 1 N–H and O–H groups in total. The number of nitrogens with one attached hydrogen (secondary N) is 1. The Morgan fingerprint density at radius 3 is 2.88 bits per heavy atom. The first-order valence-corrected chi connectivity index (χ1v) is 6.02. The van der Waals surface area contributed by atoms with Gasteiger partial charge in [-0.2, -0.15) is 0 Å². The minimum absolute atomic E-state index is 0.573. The van der Waals surface area contributed by atoms with E-state index in [1.54, 1.807) is 18.6 Å². The molecular formula is C12H12BrN3O. The molecule has 4 nitrogen and oxygen atoms in total. The average molecular weight is 294 g/mol. The van der Waals surface area contributed by atoms with E-state index in [4.69, 9.17) is 4.74 Å². The minimum Gasteiger partial charge on any atom is -0.490 e. The van der Waals surface area contributed by atoms with Crippen LogP contribution in [0.4, 0.5) is 5.82 Å². The molecule has 2 aromatic heterocycles. The van der Waals surface area contributed by atoms with Crippen LogP contribution in [0.2, 0.25) is 0 Å². The van der Waals surface area contributed by atoms with E-state index >= 15 is 0 Å². The number of anilines is 1. The van der Waals surface area contributed by atoms with Crippen LogP contribution in [0, 0.1) is 0 Å². The number of hydrogen-bond acceptors (Lipinski definition) is 4. The van der Waals surface area contributed by atoms with Crippen LogP contribution in [-0.2, 0) is 0 Å². The van der Waals surface area contributed by atoms with E-state index in [9.17, 15) is 0 Å². The van der Waals surface area contributed by atoms with Crippen LogP contribution >= 0.6 is 15.9 Å². The van der Waals surface area contributed by atoms with E-state index in [1.165, 1.54) is 0 Å². The SMILES string of the molecule is Brc1ccc(NCCOc2cccnc2)nc1. The summed E-state index contributed by atoms with van der Waals surface area (Å²) in [5, 5.41) is 3.16. The quantitative estimate of drug-likeness (QED) is 0.861. The number of nitrogens with zero attached hydrogens (tertiary/aromatic N) is 2. The molecule has 0 fully saturated rings. The third-order valence-corrected chi connectivity index (χ3v) is 2.51. The molecule has 0 saturated carbocycles. The second kappa shape index (κ2) is 6.20. The van der Waals surface area contributed by atoms with Crippen LogP contribution in [0.1, 0.15) is 0 Å². The zero-order chi connectivity index (χ0) is 11.9. The molecule has 17 heavy (non-hydrogen) atoms. The van der Waals surface area contributed by atoms with Crippen molar-refractivity contribution in [2.45, 2.75) is 0 Å². The van der Waals surface area contributed by atoms with E-state index in [0.29, 0.717) is 13.2 Å². The molecule has 88 valence electrons. The van der Waals surface area contributed by atoms with Crippen molar-refractivity contribution in [1.82, 2.24) is 9.97 Å². The summed E-state index contributed by atoms with van der Waals surface area (Å²) < 4.78 is 6.46. The fourth-order valence-electron chi connectivity index (χ4n) is 1.26. The fourth-order valence-corrected chi connectivity index (χ4v) is 1.50. The summed E-state index contributed by atoms with van der Waals surface area (Å²) in [6.45, 7) is 1.27. The number of rotatable bonds is 5. The summed E-state index contributed by atoms with van der Waals surface area (Å²) in [5.41, 5.74) is 0. The van der Waals surface area contributed by atoms with Crippen molar-refractivity contribution in [2.75, 3.05) is 18.5 Å². The Kier molecular flexibility index (Phi) is 4.32. The van der Waals surface area contributed by atoms with Crippen molar-refractivity contribution in [3.63, 3.8) is 0 Å². The summed E-state index contributed by atoms with van der Waals surface area (Å²) in [5.74, 6) is 1.61. The molecule has 0 saturated heterocycles. The van der Waals surface area contributed by atoms with Gasteiger partial charge in [0.2, 0.25) is 0 Å². The van der Waals surface area contributed by atoms with Crippen molar-refractivity contribution in [3.05, 3.63) is 47.3 Å². The lowest BCUT2D eigenvalue weighted by molar-refractivity contribution is 0.331. The van der Waals surface area contributed by atoms with E-state index in [1.807, 2.05) is 24.3 Å². The highest BCUT2D eigenvalue weighted by atomic mass is 79.9. The Hall–Kier alpha value is -1.62. The first-order valence-electron chi connectivity index (χ1n) is 5.23. The van der Waals surface area contributed by atoms with Gasteiger partial charge in [-0.3, -0.25) is 4.98 Å². The number of pyridine rings is 2. The topological polar surface area (TPSA) is 47.0 Å². The van der Waals surface area contributed by atoms with Crippen molar-refractivity contribution in [2.24, 2.45) is 0 Å². The van der Waals surface area contributed by atoms with Crippen molar-refractivity contribution >= 4 is 21.7 Å². The molecule has 0 aliphatic rings. The Balaban J connectivity index is 1.71. The van der Waals surface area contributed by atoms with Gasteiger partial charge in [0, 0.05) is 16.9 Å². The highest BCUT2D eigenvalue weighted by Gasteiger charge is 1.94. The van der Waals surface area contributed by atoms with Gasteiger partial charge in [0.15, 0.2) is 0 Å². The van der Waals surface area contributed by atoms with E-state index in [2.05, 4.69) is 31.2 Å². The monoisotopic (exact) mass is 293 g/mol. The van der Waals surface area contributed by atoms with Crippen LogP contribution in [0.25, 0.3) is 0 Å². The first kappa shape index (κ1) is 11.9. The number of halogens is 1. The van der Waals surface area contributed by atoms with Crippen molar-refractivity contribution in [1.29, 1.82) is 0 Å². The Morgan fingerprint density at radius 2 is 2.18 bits per heavy atom. The largest absolute Gasteiger partial charge is 0.490 e. The summed E-state index contributed by atoms with van der Waals surface area (Å²) in [7, 11) is 0. The van der Waals surface area contributed by atoms with Gasteiger partial charge >= 0.3 is 0 Å². The summed E-state index contributed by atoms with van der Waals surface area (Å²) >= 11 is 3.34. The summed E-state index contributed by atoms with van der Waals surface area (Å²) in [4.78, 5) is 8.17. The summed E-state index contributed by atoms with van der Waals surface area (Å²) in [6.07, 6.45) is 5.17. The van der Waals surface area contributed by atoms with Crippen molar-refractivity contribution < 1.29 is 4.74 Å². The van der Waals surface area contributed by atoms with Gasteiger partial charge in [-0.1, -0.05) is 0 Å². The van der Waals surface area contributed by atoms with Crippen LogP contribution in [0.5, 0.6) is 5.75 Å². The molecule has 0 unspecified atom stereocenters. The van der Waals surface area contributed by atoms with Gasteiger partial charge in [-0.05, 0) is 40.2 Å². The maximum atomic E-state index is 5.49. The number of aromatic nitrogens is 2. The van der Waals surface area contributed by atoms with E-state index in [0.717, 1.165) is 16.0 Å². The molecule has 0 bridgehead atoms. The third kappa shape index (κ3) is 4.03. The van der Waals surface area contributed by atoms with Crippen LogP contribution in [0.15, 0.2) is 47.3 Å². The predicted octanol–water partition coefficient (Wildman–Crippen LogP) is 2.73. The molecule has 0 radical (unpaired) electrons. The molecule has 2 rings (SSSR count). The highest BCUT2D eigenvalue weighted by molar-refractivity contribution is 9.10. The number of hydrogen-bond donors (Lipinski definition) is 1. The zero-order valence-corrected chi connectivity index (χ0v) is 10.7. The fraction of sp³-hybridized carbons (Fsp3) is 0.167. The molecule has 2 heterocycles. The number of ether oxygens (including phenoxy) is 1. The predicted molar refractivity (Wildman–Crippen MR) is 70.2 cm³/mol. The Labute approximate surface area is 108 Å². The second-order valence-corrected chi connectivity index (χ2v) is 4.24. The molecule has 5 heteroatoms. The van der Waals surface area contributed by atoms with Gasteiger partial charge < -0.3 is 10.1 Å². The molecule has 0 spiro atoms. The lowest BCUT2D eigenvalue weighted by atomic mass is 10.4. The van der Waals surface area contributed by atoms with Crippen molar-refractivity contribution in [3.8, 4) is 5.75 Å². The van der Waals surface area contributed by atoms with Crippen LogP contribution < -0.4 is 10.1 Å². The third-order valence-electron chi connectivity index (χ3n) is 2.04. The van der Waals surface area contributed by atoms with Gasteiger partial charge in [0.1, 0.15) is 18.2 Å². The zero-order valence-electron chi connectivity index (χ0n) is 9.14. The molecule has 2 aromatic rings. The van der Waals surface area contributed by atoms with Gasteiger partial charge in [0.05, 0.1) is 12.7 Å². The summed E-state index contributed by atoms with van der Waals surface area (Å²) in [6, 6.07) is 7.58. The second-order valence-electron chi connectivity index (χ2n) is 3.33. The van der Waals surface area contributed by atoms with Gasteiger partial charge in [-0.25, -0.2) is 4.98 Å². The van der Waals surface area contributed by atoms with E-state index < -0.39 is 0 Å². The average Bonchev–Trinajstić information content (AvgIpc) is 2.38. The van der Waals surface area contributed by atoms with Gasteiger partial charge in [0.25, 0.3) is 0 Å². The molecule has 0 aliphatic heterocycles. The molecular weight excluding hydrogens is 282 g/mol. The van der Waals surface area contributed by atoms with Crippen LogP contribution in [0.3, 0.4) is 0 Å². The smallest absolute Gasteiger partial charge is 0.137 e. The lowest BCUT2D eigenvalue weighted by Crippen LogP contribution is -2.12. The lowest BCUT2D eigenvalue weighted by Gasteiger charge is -2.07. The normalized spacial score (nSPS) is 9.94. The molecule has 0 atom stereocenters. The molecule has 0 aliphatic carbocycles. The van der Waals surface area contributed by atoms with Gasteiger partial charge in [-0.15, -0.1) is 0 Å². The maximum Gasteiger partial charge on any atom is 0.137 e. The first-order chi connectivity index (χ1) is 8.34.